The Hall–Kier alpha value is -2.80. The van der Waals surface area contributed by atoms with E-state index in [1.165, 1.54) is 11.3 Å². The Bertz CT molecular complexity index is 1150. The molecule has 1 aliphatic carbocycles. The average Bonchev–Trinajstić information content (AvgIpc) is 3.57. The van der Waals surface area contributed by atoms with Gasteiger partial charge in [-0.15, -0.1) is 11.3 Å². The third kappa shape index (κ3) is 3.94. The molecule has 2 fully saturated rings. The highest BCUT2D eigenvalue weighted by Crippen LogP contribution is 2.40. The van der Waals surface area contributed by atoms with Crippen LogP contribution < -0.4 is 5.32 Å². The maximum absolute atomic E-state index is 13.4. The Balaban J connectivity index is 1.35. The van der Waals surface area contributed by atoms with Gasteiger partial charge in [0.1, 0.15) is 10.7 Å². The molecule has 2 aromatic heterocycles. The Morgan fingerprint density at radius 1 is 1.10 bits per heavy atom. The number of likely N-dealkylation sites (tertiary alicyclic amines) is 1. The minimum atomic E-state index is -0.199. The summed E-state index contributed by atoms with van der Waals surface area (Å²) in [6, 6.07) is 9.47. The topological polar surface area (TPSA) is 75.2 Å². The summed E-state index contributed by atoms with van der Waals surface area (Å²) in [4.78, 5) is 39.1. The van der Waals surface area contributed by atoms with Crippen LogP contribution in [-0.4, -0.2) is 39.8 Å². The molecule has 0 unspecified atom stereocenters. The highest BCUT2D eigenvalue weighted by molar-refractivity contribution is 7.20. The number of aryl methyl sites for hydroxylation is 2. The van der Waals surface area contributed by atoms with Crippen LogP contribution in [0.15, 0.2) is 30.3 Å². The molecule has 160 valence electrons. The maximum Gasteiger partial charge on any atom is 0.264 e. The van der Waals surface area contributed by atoms with E-state index >= 15 is 0 Å². The lowest BCUT2D eigenvalue weighted by Crippen LogP contribution is -2.43. The minimum absolute atomic E-state index is 0.00471. The van der Waals surface area contributed by atoms with Crippen LogP contribution in [0.3, 0.4) is 0 Å². The van der Waals surface area contributed by atoms with Gasteiger partial charge < -0.3 is 10.2 Å². The first-order chi connectivity index (χ1) is 15.0. The third-order valence-corrected chi connectivity index (χ3v) is 7.42. The van der Waals surface area contributed by atoms with Crippen LogP contribution >= 0.6 is 11.3 Å². The molecule has 31 heavy (non-hydrogen) atoms. The lowest BCUT2D eigenvalue weighted by molar-refractivity contribution is -0.121. The van der Waals surface area contributed by atoms with Crippen molar-refractivity contribution in [3.63, 3.8) is 0 Å². The molecule has 0 spiro atoms. The normalized spacial score (nSPS) is 18.9. The van der Waals surface area contributed by atoms with Crippen molar-refractivity contribution in [1.82, 2.24) is 14.9 Å². The molecule has 1 aromatic carbocycles. The molecule has 7 heteroatoms. The molecule has 3 heterocycles. The van der Waals surface area contributed by atoms with E-state index < -0.39 is 0 Å². The Morgan fingerprint density at radius 2 is 1.87 bits per heavy atom. The second kappa shape index (κ2) is 8.04. The zero-order valence-electron chi connectivity index (χ0n) is 17.9. The third-order valence-electron chi connectivity index (χ3n) is 6.25. The number of benzene rings is 1. The molecular weight excluding hydrogens is 408 g/mol. The van der Waals surface area contributed by atoms with Crippen molar-refractivity contribution < 1.29 is 9.59 Å². The zero-order valence-corrected chi connectivity index (χ0v) is 18.7. The maximum atomic E-state index is 13.4. The van der Waals surface area contributed by atoms with Gasteiger partial charge in [0.15, 0.2) is 0 Å². The number of hydrogen-bond acceptors (Lipinski definition) is 5. The summed E-state index contributed by atoms with van der Waals surface area (Å²) >= 11 is 1.47. The Labute approximate surface area is 185 Å². The van der Waals surface area contributed by atoms with E-state index in [1.807, 2.05) is 49.1 Å². The predicted octanol–water partition coefficient (Wildman–Crippen LogP) is 4.68. The molecule has 1 aliphatic heterocycles. The summed E-state index contributed by atoms with van der Waals surface area (Å²) in [6.45, 7) is 5.13. The van der Waals surface area contributed by atoms with Crippen LogP contribution in [0.25, 0.3) is 10.2 Å². The van der Waals surface area contributed by atoms with Crippen molar-refractivity contribution in [1.29, 1.82) is 0 Å². The summed E-state index contributed by atoms with van der Waals surface area (Å²) < 4.78 is 0. The molecule has 6 nitrogen and oxygen atoms in total. The van der Waals surface area contributed by atoms with Gasteiger partial charge in [0.05, 0.1) is 16.5 Å². The number of anilines is 1. The van der Waals surface area contributed by atoms with Crippen molar-refractivity contribution in [2.24, 2.45) is 5.92 Å². The van der Waals surface area contributed by atoms with E-state index in [1.54, 1.807) is 0 Å². The Morgan fingerprint density at radius 3 is 2.61 bits per heavy atom. The van der Waals surface area contributed by atoms with Crippen LogP contribution in [0.5, 0.6) is 0 Å². The standard InChI is InChI=1S/C24H26N4O2S/c1-14-19-15(2)25-21(16-10-11-16)27-23(19)31-20(14)24(30)28-12-6-7-17(13-28)22(29)26-18-8-4-3-5-9-18/h3-5,8-9,16-17H,6-7,10-13H2,1-2H3,(H,26,29)/t17-/m0/s1. The molecule has 3 aromatic rings. The molecule has 2 amide bonds. The van der Waals surface area contributed by atoms with E-state index in [-0.39, 0.29) is 17.7 Å². The number of piperidine rings is 1. The fourth-order valence-electron chi connectivity index (χ4n) is 4.37. The molecule has 0 radical (unpaired) electrons. The largest absolute Gasteiger partial charge is 0.337 e. The van der Waals surface area contributed by atoms with Crippen LogP contribution in [0.4, 0.5) is 5.69 Å². The first-order valence-corrected chi connectivity index (χ1v) is 11.8. The van der Waals surface area contributed by atoms with Gasteiger partial charge in [0, 0.05) is 30.1 Å². The van der Waals surface area contributed by atoms with Crippen molar-refractivity contribution in [3.8, 4) is 0 Å². The highest BCUT2D eigenvalue weighted by Gasteiger charge is 2.32. The summed E-state index contributed by atoms with van der Waals surface area (Å²) in [6.07, 6.45) is 3.93. The number of thiophene rings is 1. The van der Waals surface area contributed by atoms with E-state index in [0.29, 0.717) is 19.0 Å². The predicted molar refractivity (Wildman–Crippen MR) is 123 cm³/mol. The second-order valence-corrected chi connectivity index (χ2v) is 9.62. The molecule has 1 atom stereocenters. The van der Waals surface area contributed by atoms with E-state index in [0.717, 1.165) is 63.5 Å². The van der Waals surface area contributed by atoms with Crippen molar-refractivity contribution >= 4 is 39.1 Å². The molecule has 2 aliphatic rings. The average molecular weight is 435 g/mol. The number of nitrogens with zero attached hydrogens (tertiary/aromatic N) is 3. The van der Waals surface area contributed by atoms with Gasteiger partial charge in [0.2, 0.25) is 5.91 Å². The monoisotopic (exact) mass is 434 g/mol. The first-order valence-electron chi connectivity index (χ1n) is 10.9. The lowest BCUT2D eigenvalue weighted by Gasteiger charge is -2.32. The van der Waals surface area contributed by atoms with Gasteiger partial charge in [-0.1, -0.05) is 18.2 Å². The number of aromatic nitrogens is 2. The van der Waals surface area contributed by atoms with Crippen molar-refractivity contribution in [3.05, 3.63) is 52.3 Å². The van der Waals surface area contributed by atoms with E-state index in [4.69, 9.17) is 9.97 Å². The number of amides is 2. The zero-order chi connectivity index (χ0) is 21.5. The number of hydrogen-bond donors (Lipinski definition) is 1. The quantitative estimate of drug-likeness (QED) is 0.647. The molecule has 1 saturated carbocycles. The summed E-state index contributed by atoms with van der Waals surface area (Å²) in [5.41, 5.74) is 2.70. The van der Waals surface area contributed by atoms with Gasteiger partial charge in [-0.2, -0.15) is 0 Å². The van der Waals surface area contributed by atoms with Gasteiger partial charge in [-0.05, 0) is 57.2 Å². The van der Waals surface area contributed by atoms with Gasteiger partial charge in [-0.25, -0.2) is 9.97 Å². The first kappa shape index (κ1) is 20.1. The fraction of sp³-hybridized carbons (Fsp3) is 0.417. The number of carbonyl (C=O) groups is 2. The molecule has 0 bridgehead atoms. The summed E-state index contributed by atoms with van der Waals surface area (Å²) in [5.74, 6) is 1.18. The summed E-state index contributed by atoms with van der Waals surface area (Å²) in [5, 5.41) is 3.99. The van der Waals surface area contributed by atoms with Gasteiger partial charge in [-0.3, -0.25) is 9.59 Å². The number of nitrogens with one attached hydrogen (secondary N) is 1. The number of carbonyl (C=O) groups excluding carboxylic acids is 2. The minimum Gasteiger partial charge on any atom is -0.337 e. The SMILES string of the molecule is Cc1nc(C2CC2)nc2sc(C(=O)N3CCC[C@H](C(=O)Nc4ccccc4)C3)c(C)c12. The Kier molecular flexibility index (Phi) is 5.22. The summed E-state index contributed by atoms with van der Waals surface area (Å²) in [7, 11) is 0. The number of para-hydroxylation sites is 1. The van der Waals surface area contributed by atoms with Crippen LogP contribution in [-0.2, 0) is 4.79 Å². The smallest absolute Gasteiger partial charge is 0.264 e. The van der Waals surface area contributed by atoms with Crippen molar-refractivity contribution in [2.45, 2.75) is 45.4 Å². The van der Waals surface area contributed by atoms with Crippen LogP contribution in [0, 0.1) is 19.8 Å². The van der Waals surface area contributed by atoms with Gasteiger partial charge in [0.25, 0.3) is 5.91 Å². The van der Waals surface area contributed by atoms with Crippen molar-refractivity contribution in [2.75, 3.05) is 18.4 Å². The molecular formula is C24H26N4O2S. The number of fused-ring (bicyclic) bond motifs is 1. The van der Waals surface area contributed by atoms with Crippen LogP contribution in [0.1, 0.15) is 58.4 Å². The molecule has 5 rings (SSSR count). The molecule has 1 N–H and O–H groups in total. The van der Waals surface area contributed by atoms with E-state index in [9.17, 15) is 9.59 Å². The van der Waals surface area contributed by atoms with Gasteiger partial charge >= 0.3 is 0 Å². The van der Waals surface area contributed by atoms with E-state index in [2.05, 4.69) is 5.32 Å². The lowest BCUT2D eigenvalue weighted by atomic mass is 9.96. The highest BCUT2D eigenvalue weighted by atomic mass is 32.1. The second-order valence-electron chi connectivity index (χ2n) is 8.62. The molecule has 1 saturated heterocycles. The van der Waals surface area contributed by atoms with Crippen LogP contribution in [0.2, 0.25) is 0 Å². The fourth-order valence-corrected chi connectivity index (χ4v) is 5.58. The number of rotatable bonds is 4.